The van der Waals surface area contributed by atoms with Gasteiger partial charge in [-0.2, -0.15) is 4.68 Å². The first-order chi connectivity index (χ1) is 12.1. The number of halogens is 1. The number of para-hydroxylation sites is 1. The number of ketones is 1. The third kappa shape index (κ3) is 3.72. The molecule has 0 N–H and O–H groups in total. The van der Waals surface area contributed by atoms with Crippen LogP contribution in [0.3, 0.4) is 0 Å². The summed E-state index contributed by atoms with van der Waals surface area (Å²) in [7, 11) is 0. The van der Waals surface area contributed by atoms with E-state index >= 15 is 0 Å². The maximum atomic E-state index is 12.5. The molecule has 0 bridgehead atoms. The van der Waals surface area contributed by atoms with Crippen LogP contribution in [0.5, 0.6) is 0 Å². The summed E-state index contributed by atoms with van der Waals surface area (Å²) < 4.78 is 6.66. The summed E-state index contributed by atoms with van der Waals surface area (Å²) in [5.74, 6) is -0.982. The maximum absolute atomic E-state index is 12.5. The zero-order chi connectivity index (χ0) is 17.8. The van der Waals surface area contributed by atoms with Gasteiger partial charge < -0.3 is 4.74 Å². The lowest BCUT2D eigenvalue weighted by Gasteiger charge is -2.14. The summed E-state index contributed by atoms with van der Waals surface area (Å²) in [4.78, 5) is 24.9. The van der Waals surface area contributed by atoms with Crippen LogP contribution in [-0.2, 0) is 4.74 Å². The van der Waals surface area contributed by atoms with Gasteiger partial charge in [0.05, 0.1) is 11.3 Å². The van der Waals surface area contributed by atoms with E-state index in [1.54, 1.807) is 42.5 Å². The Kier molecular flexibility index (Phi) is 4.85. The van der Waals surface area contributed by atoms with Gasteiger partial charge in [0.15, 0.2) is 6.10 Å². The third-order valence-corrected chi connectivity index (χ3v) is 3.72. The number of hydrogen-bond acceptors (Lipinski definition) is 6. The van der Waals surface area contributed by atoms with E-state index in [9.17, 15) is 9.59 Å². The summed E-state index contributed by atoms with van der Waals surface area (Å²) >= 11 is 5.89. The lowest BCUT2D eigenvalue weighted by molar-refractivity contribution is 0.0318. The standard InChI is InChI=1S/C17H13ClN4O3/c1-11(16(23)12-5-4-6-13(18)9-12)25-17(24)14-7-2-3-8-15(14)22-10-19-20-21-22/h2-11H,1H3. The molecule has 1 unspecified atom stereocenters. The van der Waals surface area contributed by atoms with Crippen molar-refractivity contribution in [3.05, 3.63) is 71.0 Å². The number of carbonyl (C=O) groups excluding carboxylic acids is 2. The molecule has 0 spiro atoms. The number of Topliss-reactive ketones (excluding diaryl/α,β-unsaturated/α-hetero) is 1. The Bertz CT molecular complexity index is 912. The number of carbonyl (C=O) groups is 2. The molecule has 1 heterocycles. The highest BCUT2D eigenvalue weighted by Crippen LogP contribution is 2.17. The van der Waals surface area contributed by atoms with E-state index in [-0.39, 0.29) is 11.3 Å². The van der Waals surface area contributed by atoms with Gasteiger partial charge in [-0.1, -0.05) is 35.9 Å². The molecule has 0 amide bonds. The predicted molar refractivity (Wildman–Crippen MR) is 89.8 cm³/mol. The van der Waals surface area contributed by atoms with E-state index in [0.29, 0.717) is 16.3 Å². The lowest BCUT2D eigenvalue weighted by atomic mass is 10.1. The molecule has 7 nitrogen and oxygen atoms in total. The molecular weight excluding hydrogens is 344 g/mol. The van der Waals surface area contributed by atoms with Gasteiger partial charge >= 0.3 is 5.97 Å². The van der Waals surface area contributed by atoms with Crippen LogP contribution in [0.15, 0.2) is 54.9 Å². The predicted octanol–water partition coefficient (Wildman–Crippen LogP) is 2.74. The number of ether oxygens (including phenoxy) is 1. The molecule has 1 aromatic heterocycles. The minimum atomic E-state index is -0.965. The number of esters is 1. The molecule has 0 aliphatic rings. The molecule has 126 valence electrons. The van der Waals surface area contributed by atoms with Crippen molar-refractivity contribution in [2.24, 2.45) is 0 Å². The van der Waals surface area contributed by atoms with Crippen LogP contribution < -0.4 is 0 Å². The number of tetrazole rings is 1. The smallest absolute Gasteiger partial charge is 0.341 e. The van der Waals surface area contributed by atoms with Gasteiger partial charge in [0.1, 0.15) is 6.33 Å². The molecule has 0 radical (unpaired) electrons. The van der Waals surface area contributed by atoms with Crippen molar-refractivity contribution in [2.45, 2.75) is 13.0 Å². The summed E-state index contributed by atoms with van der Waals surface area (Å²) in [6.45, 7) is 1.51. The Morgan fingerprint density at radius 3 is 2.68 bits per heavy atom. The number of benzene rings is 2. The Hall–Kier alpha value is -3.06. The van der Waals surface area contributed by atoms with Crippen LogP contribution >= 0.6 is 11.6 Å². The summed E-state index contributed by atoms with van der Waals surface area (Å²) in [6.07, 6.45) is 0.403. The third-order valence-electron chi connectivity index (χ3n) is 3.48. The highest BCUT2D eigenvalue weighted by molar-refractivity contribution is 6.31. The molecule has 0 aliphatic carbocycles. The molecule has 0 saturated heterocycles. The van der Waals surface area contributed by atoms with Crippen molar-refractivity contribution in [1.29, 1.82) is 0 Å². The van der Waals surface area contributed by atoms with Crippen LogP contribution in [0.1, 0.15) is 27.6 Å². The average Bonchev–Trinajstić information content (AvgIpc) is 3.15. The van der Waals surface area contributed by atoms with Crippen molar-refractivity contribution < 1.29 is 14.3 Å². The van der Waals surface area contributed by atoms with Gasteiger partial charge in [-0.25, -0.2) is 4.79 Å². The number of hydrogen-bond donors (Lipinski definition) is 0. The van der Waals surface area contributed by atoms with Crippen molar-refractivity contribution >= 4 is 23.4 Å². The van der Waals surface area contributed by atoms with Crippen LogP contribution in [-0.4, -0.2) is 38.1 Å². The Morgan fingerprint density at radius 1 is 1.16 bits per heavy atom. The molecule has 1 atom stereocenters. The summed E-state index contributed by atoms with van der Waals surface area (Å²) in [5.41, 5.74) is 1.09. The highest BCUT2D eigenvalue weighted by Gasteiger charge is 2.22. The fourth-order valence-corrected chi connectivity index (χ4v) is 2.46. The van der Waals surface area contributed by atoms with Crippen molar-refractivity contribution in [2.75, 3.05) is 0 Å². The molecule has 2 aromatic carbocycles. The SMILES string of the molecule is CC(OC(=O)c1ccccc1-n1cnnn1)C(=O)c1cccc(Cl)c1. The van der Waals surface area contributed by atoms with Gasteiger partial charge in [0, 0.05) is 10.6 Å². The topological polar surface area (TPSA) is 87.0 Å². The van der Waals surface area contributed by atoms with Gasteiger partial charge in [-0.3, -0.25) is 4.79 Å². The van der Waals surface area contributed by atoms with Gasteiger partial charge in [-0.05, 0) is 41.6 Å². The molecule has 25 heavy (non-hydrogen) atoms. The average molecular weight is 357 g/mol. The number of nitrogens with zero attached hydrogens (tertiary/aromatic N) is 4. The van der Waals surface area contributed by atoms with Crippen molar-refractivity contribution in [1.82, 2.24) is 20.2 Å². The van der Waals surface area contributed by atoms with E-state index in [1.165, 1.54) is 24.0 Å². The quantitative estimate of drug-likeness (QED) is 0.516. The van der Waals surface area contributed by atoms with E-state index in [0.717, 1.165) is 0 Å². The molecule has 0 aliphatic heterocycles. The summed E-state index contributed by atoms with van der Waals surface area (Å²) in [6, 6.07) is 13.2. The molecule has 0 fully saturated rings. The van der Waals surface area contributed by atoms with E-state index < -0.39 is 12.1 Å². The van der Waals surface area contributed by atoms with Crippen LogP contribution in [0.4, 0.5) is 0 Å². The number of aromatic nitrogens is 4. The minimum absolute atomic E-state index is 0.251. The highest BCUT2D eigenvalue weighted by atomic mass is 35.5. The number of rotatable bonds is 5. The molecule has 3 rings (SSSR count). The van der Waals surface area contributed by atoms with Gasteiger partial charge in [0.2, 0.25) is 5.78 Å². The first-order valence-corrected chi connectivity index (χ1v) is 7.77. The van der Waals surface area contributed by atoms with Gasteiger partial charge in [-0.15, -0.1) is 5.10 Å². The fraction of sp³-hybridized carbons (Fsp3) is 0.118. The fourth-order valence-electron chi connectivity index (χ4n) is 2.27. The van der Waals surface area contributed by atoms with E-state index in [2.05, 4.69) is 15.5 Å². The second-order valence-electron chi connectivity index (χ2n) is 5.19. The van der Waals surface area contributed by atoms with Crippen molar-refractivity contribution in [3.63, 3.8) is 0 Å². The normalized spacial score (nSPS) is 11.8. The molecular formula is C17H13ClN4O3. The molecule has 0 saturated carbocycles. The van der Waals surface area contributed by atoms with E-state index in [4.69, 9.17) is 16.3 Å². The van der Waals surface area contributed by atoms with Gasteiger partial charge in [0.25, 0.3) is 0 Å². The minimum Gasteiger partial charge on any atom is -0.451 e. The first kappa shape index (κ1) is 16.8. The zero-order valence-electron chi connectivity index (χ0n) is 13.2. The second-order valence-corrected chi connectivity index (χ2v) is 5.63. The Balaban J connectivity index is 1.80. The lowest BCUT2D eigenvalue weighted by Crippen LogP contribution is -2.25. The Labute approximate surface area is 148 Å². The Morgan fingerprint density at radius 2 is 1.96 bits per heavy atom. The van der Waals surface area contributed by atoms with Crippen LogP contribution in [0, 0.1) is 0 Å². The monoisotopic (exact) mass is 356 g/mol. The molecule has 8 heteroatoms. The van der Waals surface area contributed by atoms with E-state index in [1.807, 2.05) is 0 Å². The maximum Gasteiger partial charge on any atom is 0.341 e. The van der Waals surface area contributed by atoms with Crippen LogP contribution in [0.2, 0.25) is 5.02 Å². The second kappa shape index (κ2) is 7.23. The molecule has 3 aromatic rings. The largest absolute Gasteiger partial charge is 0.451 e. The van der Waals surface area contributed by atoms with Crippen molar-refractivity contribution in [3.8, 4) is 5.69 Å². The van der Waals surface area contributed by atoms with Crippen LogP contribution in [0.25, 0.3) is 5.69 Å². The zero-order valence-corrected chi connectivity index (χ0v) is 13.9. The summed E-state index contributed by atoms with van der Waals surface area (Å²) in [5, 5.41) is 11.3. The first-order valence-electron chi connectivity index (χ1n) is 7.39.